The van der Waals surface area contributed by atoms with E-state index >= 15 is 0 Å². The second-order valence-corrected chi connectivity index (χ2v) is 12.4. The second-order valence-electron chi connectivity index (χ2n) is 12.4. The molecule has 0 amide bonds. The van der Waals surface area contributed by atoms with Gasteiger partial charge in [-0.1, -0.05) is 127 Å². The van der Waals surface area contributed by atoms with E-state index in [9.17, 15) is 5.26 Å². The Hall–Kier alpha value is -6.43. The number of benzene rings is 9. The Bertz CT molecular complexity index is 2840. The van der Waals surface area contributed by atoms with Gasteiger partial charge in [0.05, 0.1) is 22.7 Å². The molecule has 9 aromatic carbocycles. The van der Waals surface area contributed by atoms with Gasteiger partial charge >= 0.3 is 0 Å². The summed E-state index contributed by atoms with van der Waals surface area (Å²) in [7, 11) is 0. The zero-order valence-corrected chi connectivity index (χ0v) is 25.4. The molecule has 10 aromatic rings. The quantitative estimate of drug-likeness (QED) is 0.148. The third kappa shape index (κ3) is 3.60. The van der Waals surface area contributed by atoms with Gasteiger partial charge in [-0.15, -0.1) is 0 Å². The fourth-order valence-electron chi connectivity index (χ4n) is 8.05. The van der Waals surface area contributed by atoms with Crippen LogP contribution in [0, 0.1) is 11.3 Å². The van der Waals surface area contributed by atoms with E-state index in [2.05, 4.69) is 150 Å². The molecule has 47 heavy (non-hydrogen) atoms. The van der Waals surface area contributed by atoms with Crippen molar-refractivity contribution in [2.24, 2.45) is 0 Å². The SMILES string of the molecule is N#Cc1cc2ccc3c(-c4c5ccccc5c(-c5cccc6ccccc56)c5ccccc45)ccc4c3c2c(c1)n4-c1ccccc1. The first kappa shape index (κ1) is 25.9. The van der Waals surface area contributed by atoms with Gasteiger partial charge in [0, 0.05) is 16.5 Å². The molecule has 0 aliphatic rings. The fraction of sp³-hybridized carbons (Fsp3) is 0. The first-order valence-electron chi connectivity index (χ1n) is 16.0. The summed E-state index contributed by atoms with van der Waals surface area (Å²) in [5.74, 6) is 0. The average Bonchev–Trinajstić information content (AvgIpc) is 3.48. The smallest absolute Gasteiger partial charge is 0.0992 e. The van der Waals surface area contributed by atoms with Crippen molar-refractivity contribution in [1.82, 2.24) is 4.57 Å². The van der Waals surface area contributed by atoms with Gasteiger partial charge in [0.25, 0.3) is 0 Å². The molecule has 0 radical (unpaired) electrons. The summed E-state index contributed by atoms with van der Waals surface area (Å²) in [6.07, 6.45) is 0. The highest BCUT2D eigenvalue weighted by molar-refractivity contribution is 6.30. The number of rotatable bonds is 3. The lowest BCUT2D eigenvalue weighted by Crippen LogP contribution is -1.94. The van der Waals surface area contributed by atoms with Crippen LogP contribution < -0.4 is 0 Å². The second kappa shape index (κ2) is 9.78. The molecule has 0 aliphatic carbocycles. The van der Waals surface area contributed by atoms with Crippen molar-refractivity contribution in [3.05, 3.63) is 163 Å². The summed E-state index contributed by atoms with van der Waals surface area (Å²) in [4.78, 5) is 0. The van der Waals surface area contributed by atoms with Crippen LogP contribution in [0.5, 0.6) is 0 Å². The molecule has 0 fully saturated rings. The van der Waals surface area contributed by atoms with Crippen molar-refractivity contribution >= 4 is 64.9 Å². The predicted molar refractivity (Wildman–Crippen MR) is 198 cm³/mol. The van der Waals surface area contributed by atoms with Crippen molar-refractivity contribution in [1.29, 1.82) is 5.26 Å². The Morgan fingerprint density at radius 2 is 1.00 bits per heavy atom. The van der Waals surface area contributed by atoms with Gasteiger partial charge in [-0.2, -0.15) is 5.26 Å². The Balaban J connectivity index is 1.36. The average molecular weight is 595 g/mol. The van der Waals surface area contributed by atoms with E-state index in [4.69, 9.17) is 0 Å². The Morgan fingerprint density at radius 1 is 0.404 bits per heavy atom. The van der Waals surface area contributed by atoms with E-state index in [-0.39, 0.29) is 0 Å². The molecule has 0 N–H and O–H groups in total. The van der Waals surface area contributed by atoms with Crippen molar-refractivity contribution in [2.75, 3.05) is 0 Å². The van der Waals surface area contributed by atoms with Crippen LogP contribution in [-0.2, 0) is 0 Å². The number of para-hydroxylation sites is 1. The van der Waals surface area contributed by atoms with Gasteiger partial charge < -0.3 is 4.57 Å². The lowest BCUT2D eigenvalue weighted by Gasteiger charge is -2.20. The van der Waals surface area contributed by atoms with Gasteiger partial charge in [-0.25, -0.2) is 0 Å². The summed E-state index contributed by atoms with van der Waals surface area (Å²) in [6.45, 7) is 0. The zero-order valence-electron chi connectivity index (χ0n) is 25.4. The van der Waals surface area contributed by atoms with Crippen molar-refractivity contribution < 1.29 is 0 Å². The largest absolute Gasteiger partial charge is 0.309 e. The van der Waals surface area contributed by atoms with Crippen LogP contribution in [0.2, 0.25) is 0 Å². The minimum atomic E-state index is 0.668. The van der Waals surface area contributed by atoms with Crippen LogP contribution in [-0.4, -0.2) is 4.57 Å². The molecular weight excluding hydrogens is 569 g/mol. The minimum absolute atomic E-state index is 0.668. The summed E-state index contributed by atoms with van der Waals surface area (Å²) in [5.41, 5.74) is 8.95. The Morgan fingerprint density at radius 3 is 1.68 bits per heavy atom. The molecule has 0 saturated carbocycles. The minimum Gasteiger partial charge on any atom is -0.309 e. The maximum atomic E-state index is 9.94. The molecule has 2 nitrogen and oxygen atoms in total. The van der Waals surface area contributed by atoms with E-state index in [0.29, 0.717) is 5.56 Å². The first-order chi connectivity index (χ1) is 23.3. The predicted octanol–water partition coefficient (Wildman–Crippen LogP) is 12.0. The summed E-state index contributed by atoms with van der Waals surface area (Å²) in [5, 5.41) is 22.1. The van der Waals surface area contributed by atoms with Crippen LogP contribution in [0.15, 0.2) is 158 Å². The third-order valence-corrected chi connectivity index (χ3v) is 9.94. The number of fused-ring (bicyclic) bond motifs is 3. The number of hydrogen-bond acceptors (Lipinski definition) is 1. The zero-order chi connectivity index (χ0) is 31.1. The lowest BCUT2D eigenvalue weighted by atomic mass is 9.83. The standard InChI is InChI=1S/C45H26N2/c46-27-28-25-30-21-22-39-38(23-24-40-45(39)42(30)41(26-28)47(40)31-13-2-1-3-14-31)44-36-18-8-6-16-34(36)43(35-17-7-9-19-37(35)44)33-20-10-12-29-11-4-5-15-32(29)33/h1-26H. The van der Waals surface area contributed by atoms with Gasteiger partial charge in [0.2, 0.25) is 0 Å². The van der Waals surface area contributed by atoms with E-state index in [0.717, 1.165) is 22.1 Å². The molecular formula is C45H26N2. The van der Waals surface area contributed by atoms with Gasteiger partial charge in [0.15, 0.2) is 0 Å². The lowest BCUT2D eigenvalue weighted by molar-refractivity contribution is 1.18. The van der Waals surface area contributed by atoms with Crippen LogP contribution in [0.25, 0.3) is 92.8 Å². The molecule has 1 aromatic heterocycles. The fourth-order valence-corrected chi connectivity index (χ4v) is 8.05. The Kier molecular flexibility index (Phi) is 5.38. The summed E-state index contributed by atoms with van der Waals surface area (Å²) in [6, 6.07) is 59.1. The van der Waals surface area contributed by atoms with E-state index in [1.165, 1.54) is 70.7 Å². The van der Waals surface area contributed by atoms with Crippen LogP contribution in [0.4, 0.5) is 0 Å². The van der Waals surface area contributed by atoms with E-state index in [1.807, 2.05) is 18.2 Å². The van der Waals surface area contributed by atoms with Crippen LogP contribution in [0.3, 0.4) is 0 Å². The monoisotopic (exact) mass is 594 g/mol. The molecule has 0 atom stereocenters. The van der Waals surface area contributed by atoms with Crippen molar-refractivity contribution in [3.63, 3.8) is 0 Å². The third-order valence-electron chi connectivity index (χ3n) is 9.94. The topological polar surface area (TPSA) is 28.7 Å². The highest BCUT2D eigenvalue weighted by atomic mass is 15.0. The molecule has 1 heterocycles. The van der Waals surface area contributed by atoms with Gasteiger partial charge in [-0.3, -0.25) is 0 Å². The molecule has 0 bridgehead atoms. The number of nitriles is 1. The van der Waals surface area contributed by atoms with Crippen LogP contribution in [0.1, 0.15) is 5.56 Å². The maximum absolute atomic E-state index is 9.94. The normalized spacial score (nSPS) is 11.8. The summed E-state index contributed by atoms with van der Waals surface area (Å²) >= 11 is 0. The molecule has 0 aliphatic heterocycles. The van der Waals surface area contributed by atoms with Gasteiger partial charge in [0.1, 0.15) is 0 Å². The number of nitrogens with zero attached hydrogens (tertiary/aromatic N) is 2. The van der Waals surface area contributed by atoms with Crippen molar-refractivity contribution in [2.45, 2.75) is 0 Å². The molecule has 0 unspecified atom stereocenters. The van der Waals surface area contributed by atoms with Gasteiger partial charge in [-0.05, 0) is 95.7 Å². The number of aromatic nitrogens is 1. The molecule has 2 heteroatoms. The molecule has 0 saturated heterocycles. The highest BCUT2D eigenvalue weighted by Crippen LogP contribution is 2.49. The molecule has 216 valence electrons. The maximum Gasteiger partial charge on any atom is 0.0992 e. The summed E-state index contributed by atoms with van der Waals surface area (Å²) < 4.78 is 2.31. The van der Waals surface area contributed by atoms with E-state index < -0.39 is 0 Å². The highest BCUT2D eigenvalue weighted by Gasteiger charge is 2.23. The van der Waals surface area contributed by atoms with Crippen molar-refractivity contribution in [3.8, 4) is 34.0 Å². The first-order valence-corrected chi connectivity index (χ1v) is 16.0. The Labute approximate surface area is 271 Å². The molecule has 10 rings (SSSR count). The number of hydrogen-bond donors (Lipinski definition) is 0. The van der Waals surface area contributed by atoms with E-state index in [1.54, 1.807) is 0 Å². The van der Waals surface area contributed by atoms with Crippen LogP contribution >= 0.6 is 0 Å². The molecule has 0 spiro atoms.